The Kier molecular flexibility index (Phi) is 2.25. The third kappa shape index (κ3) is 1.44. The van der Waals surface area contributed by atoms with Crippen LogP contribution in [0.4, 0.5) is 0 Å². The second kappa shape index (κ2) is 3.26. The molecule has 68 valence electrons. The zero-order chi connectivity index (χ0) is 9.42. The predicted molar refractivity (Wildman–Crippen MR) is 61.4 cm³/mol. The van der Waals surface area contributed by atoms with Crippen molar-refractivity contribution in [1.29, 1.82) is 0 Å². The molecule has 3 N–H and O–H groups in total. The lowest BCUT2D eigenvalue weighted by atomic mass is 10.2. The summed E-state index contributed by atoms with van der Waals surface area (Å²) in [6.07, 6.45) is 0. The number of benzene rings is 1. The smallest absolute Gasteiger partial charge is 0.121 e. The quantitative estimate of drug-likeness (QED) is 0.787. The summed E-state index contributed by atoms with van der Waals surface area (Å²) >= 11 is 2.31. The first-order valence-electron chi connectivity index (χ1n) is 4.06. The Bertz CT molecular complexity index is 447. The number of H-pyrrole nitrogens is 1. The number of hydrogen-bond donors (Lipinski definition) is 2. The average molecular weight is 287 g/mol. The molecular formula is C9H10IN3. The molecule has 2 rings (SSSR count). The van der Waals surface area contributed by atoms with E-state index in [0.717, 1.165) is 16.9 Å². The summed E-state index contributed by atoms with van der Waals surface area (Å²) < 4.78 is 1.24. The maximum Gasteiger partial charge on any atom is 0.121 e. The minimum Gasteiger partial charge on any atom is -0.341 e. The van der Waals surface area contributed by atoms with E-state index in [1.165, 1.54) is 9.13 Å². The molecule has 0 saturated carbocycles. The Balaban J connectivity index is 2.76. The maximum atomic E-state index is 5.51. The number of hydrogen-bond acceptors (Lipinski definition) is 2. The van der Waals surface area contributed by atoms with E-state index in [1.54, 1.807) is 0 Å². The van der Waals surface area contributed by atoms with Crippen LogP contribution < -0.4 is 5.73 Å². The van der Waals surface area contributed by atoms with E-state index in [-0.39, 0.29) is 0 Å². The number of aromatic nitrogens is 2. The molecule has 3 nitrogen and oxygen atoms in total. The predicted octanol–water partition coefficient (Wildman–Crippen LogP) is 1.93. The Morgan fingerprint density at radius 3 is 3.00 bits per heavy atom. The van der Waals surface area contributed by atoms with Gasteiger partial charge in [0.2, 0.25) is 0 Å². The summed E-state index contributed by atoms with van der Waals surface area (Å²) in [5, 5.41) is 0. The van der Waals surface area contributed by atoms with Gasteiger partial charge in [0.1, 0.15) is 5.82 Å². The molecular weight excluding hydrogens is 277 g/mol. The van der Waals surface area contributed by atoms with Gasteiger partial charge in [0.05, 0.1) is 17.6 Å². The van der Waals surface area contributed by atoms with Gasteiger partial charge in [-0.15, -0.1) is 0 Å². The number of nitrogens with one attached hydrogen (secondary N) is 1. The molecule has 13 heavy (non-hydrogen) atoms. The molecule has 1 aromatic carbocycles. The molecule has 0 unspecified atom stereocenters. The second-order valence-electron chi connectivity index (χ2n) is 2.96. The summed E-state index contributed by atoms with van der Waals surface area (Å²) in [6, 6.07) is 4.12. The molecule has 0 aliphatic heterocycles. The summed E-state index contributed by atoms with van der Waals surface area (Å²) in [6.45, 7) is 2.54. The molecule has 2 aromatic rings. The monoisotopic (exact) mass is 287 g/mol. The summed E-state index contributed by atoms with van der Waals surface area (Å²) in [5.41, 5.74) is 8.83. The van der Waals surface area contributed by atoms with Gasteiger partial charge in [-0.05, 0) is 47.2 Å². The minimum absolute atomic E-state index is 0.463. The molecule has 0 saturated heterocycles. The lowest BCUT2D eigenvalue weighted by molar-refractivity contribution is 0.958. The normalized spacial score (nSPS) is 11.0. The fraction of sp³-hybridized carbons (Fsp3) is 0.222. The van der Waals surface area contributed by atoms with Gasteiger partial charge in [0.25, 0.3) is 0 Å². The number of nitrogens with two attached hydrogens (primary N) is 1. The van der Waals surface area contributed by atoms with Crippen LogP contribution in [-0.4, -0.2) is 9.97 Å². The lowest BCUT2D eigenvalue weighted by Crippen LogP contribution is -1.97. The van der Waals surface area contributed by atoms with Gasteiger partial charge >= 0.3 is 0 Å². The van der Waals surface area contributed by atoms with Crippen LogP contribution >= 0.6 is 22.6 Å². The first-order chi connectivity index (χ1) is 6.22. The molecule has 0 bridgehead atoms. The largest absolute Gasteiger partial charge is 0.341 e. The van der Waals surface area contributed by atoms with E-state index in [4.69, 9.17) is 5.73 Å². The Hall–Kier alpha value is -0.620. The minimum atomic E-state index is 0.463. The maximum absolute atomic E-state index is 5.51. The fourth-order valence-corrected chi connectivity index (χ4v) is 1.77. The summed E-state index contributed by atoms with van der Waals surface area (Å²) in [4.78, 5) is 7.58. The van der Waals surface area contributed by atoms with Crippen molar-refractivity contribution in [2.24, 2.45) is 5.73 Å². The Morgan fingerprint density at radius 2 is 2.31 bits per heavy atom. The van der Waals surface area contributed by atoms with Gasteiger partial charge in [-0.2, -0.15) is 0 Å². The van der Waals surface area contributed by atoms with Crippen molar-refractivity contribution in [3.05, 3.63) is 27.1 Å². The summed E-state index contributed by atoms with van der Waals surface area (Å²) in [5.74, 6) is 0.847. The number of aromatic amines is 1. The van der Waals surface area contributed by atoms with E-state index in [2.05, 4.69) is 45.5 Å². The van der Waals surface area contributed by atoms with Crippen LogP contribution in [0.1, 0.15) is 11.4 Å². The molecule has 1 aromatic heterocycles. The van der Waals surface area contributed by atoms with E-state index >= 15 is 0 Å². The van der Waals surface area contributed by atoms with Gasteiger partial charge in [0.15, 0.2) is 0 Å². The van der Waals surface area contributed by atoms with Gasteiger partial charge in [-0.25, -0.2) is 4.98 Å². The summed E-state index contributed by atoms with van der Waals surface area (Å²) in [7, 11) is 0. The van der Waals surface area contributed by atoms with Crippen LogP contribution in [0.3, 0.4) is 0 Å². The van der Waals surface area contributed by atoms with Crippen LogP contribution in [0.15, 0.2) is 12.1 Å². The molecule has 0 amide bonds. The molecule has 0 aliphatic rings. The van der Waals surface area contributed by atoms with Crippen LogP contribution in [0.25, 0.3) is 11.0 Å². The lowest BCUT2D eigenvalue weighted by Gasteiger charge is -1.96. The van der Waals surface area contributed by atoms with Gasteiger partial charge in [0, 0.05) is 3.57 Å². The van der Waals surface area contributed by atoms with Crippen molar-refractivity contribution in [3.63, 3.8) is 0 Å². The third-order valence-electron chi connectivity index (χ3n) is 2.08. The topological polar surface area (TPSA) is 54.7 Å². The van der Waals surface area contributed by atoms with E-state index < -0.39 is 0 Å². The van der Waals surface area contributed by atoms with Gasteiger partial charge in [-0.3, -0.25) is 0 Å². The van der Waals surface area contributed by atoms with Gasteiger partial charge in [-0.1, -0.05) is 0 Å². The molecule has 1 heterocycles. The van der Waals surface area contributed by atoms with Crippen LogP contribution in [-0.2, 0) is 6.54 Å². The van der Waals surface area contributed by atoms with Crippen molar-refractivity contribution < 1.29 is 0 Å². The van der Waals surface area contributed by atoms with Crippen molar-refractivity contribution in [2.45, 2.75) is 13.5 Å². The SMILES string of the molecule is Cc1c(I)ccc2[nH]c(CN)nc12. The standard InChI is InChI=1S/C9H10IN3/c1-5-6(10)2-3-7-9(5)13-8(4-11)12-7/h2-3H,4,11H2,1H3,(H,12,13). The van der Waals surface area contributed by atoms with Crippen LogP contribution in [0.5, 0.6) is 0 Å². The average Bonchev–Trinajstić information content (AvgIpc) is 2.55. The van der Waals surface area contributed by atoms with Gasteiger partial charge < -0.3 is 10.7 Å². The van der Waals surface area contributed by atoms with E-state index in [0.29, 0.717) is 6.54 Å². The van der Waals surface area contributed by atoms with E-state index in [9.17, 15) is 0 Å². The Labute approximate surface area is 89.9 Å². The number of halogens is 1. The number of fused-ring (bicyclic) bond motifs is 1. The van der Waals surface area contributed by atoms with Crippen molar-refractivity contribution in [2.75, 3.05) is 0 Å². The fourth-order valence-electron chi connectivity index (χ4n) is 1.34. The van der Waals surface area contributed by atoms with E-state index in [1.807, 2.05) is 6.07 Å². The highest BCUT2D eigenvalue weighted by Gasteiger charge is 2.05. The molecule has 0 radical (unpaired) electrons. The molecule has 0 atom stereocenters. The zero-order valence-electron chi connectivity index (χ0n) is 7.26. The first kappa shape index (κ1) is 8.96. The van der Waals surface area contributed by atoms with Crippen molar-refractivity contribution >= 4 is 33.6 Å². The molecule has 4 heteroatoms. The number of imidazole rings is 1. The number of nitrogens with zero attached hydrogens (tertiary/aromatic N) is 1. The molecule has 0 aliphatic carbocycles. The second-order valence-corrected chi connectivity index (χ2v) is 4.12. The van der Waals surface area contributed by atoms with Crippen LogP contribution in [0, 0.1) is 10.5 Å². The Morgan fingerprint density at radius 1 is 1.54 bits per heavy atom. The highest BCUT2D eigenvalue weighted by molar-refractivity contribution is 14.1. The van der Waals surface area contributed by atoms with Crippen molar-refractivity contribution in [1.82, 2.24) is 9.97 Å². The third-order valence-corrected chi connectivity index (χ3v) is 3.25. The van der Waals surface area contributed by atoms with Crippen molar-refractivity contribution in [3.8, 4) is 0 Å². The number of rotatable bonds is 1. The first-order valence-corrected chi connectivity index (χ1v) is 5.14. The number of aryl methyl sites for hydroxylation is 1. The highest BCUT2D eigenvalue weighted by Crippen LogP contribution is 2.20. The molecule has 0 fully saturated rings. The van der Waals surface area contributed by atoms with Crippen LogP contribution in [0.2, 0.25) is 0 Å². The molecule has 0 spiro atoms. The zero-order valence-corrected chi connectivity index (χ0v) is 9.42. The highest BCUT2D eigenvalue weighted by atomic mass is 127.